The Morgan fingerprint density at radius 3 is 2.62 bits per heavy atom. The molecule has 0 radical (unpaired) electrons. The quantitative estimate of drug-likeness (QED) is 0.668. The van der Waals surface area contributed by atoms with E-state index in [1.807, 2.05) is 0 Å². The van der Waals surface area contributed by atoms with E-state index < -0.39 is 0 Å². The molecule has 2 rings (SSSR count). The summed E-state index contributed by atoms with van der Waals surface area (Å²) in [6, 6.07) is 0.162. The second-order valence-electron chi connectivity index (χ2n) is 4.44. The van der Waals surface area contributed by atoms with Gasteiger partial charge in [-0.25, -0.2) is 0 Å². The van der Waals surface area contributed by atoms with Gasteiger partial charge in [0.05, 0.1) is 6.04 Å². The minimum Gasteiger partial charge on any atom is -0.381 e. The second kappa shape index (κ2) is 4.93. The van der Waals surface area contributed by atoms with Crippen LogP contribution < -0.4 is 5.32 Å². The first-order valence-corrected chi connectivity index (χ1v) is 5.82. The number of imide groups is 1. The van der Waals surface area contributed by atoms with Crippen molar-refractivity contribution in [2.75, 3.05) is 20.3 Å². The van der Waals surface area contributed by atoms with Gasteiger partial charge in [-0.15, -0.1) is 0 Å². The van der Waals surface area contributed by atoms with Crippen molar-refractivity contribution in [2.45, 2.75) is 37.8 Å². The number of hydrogen-bond donors (Lipinski definition) is 1. The van der Waals surface area contributed by atoms with Gasteiger partial charge in [0.1, 0.15) is 0 Å². The second-order valence-corrected chi connectivity index (χ2v) is 4.44. The summed E-state index contributed by atoms with van der Waals surface area (Å²) in [5, 5.41) is 3.34. The molecule has 0 aliphatic carbocycles. The molecule has 90 valence electrons. The minimum absolute atomic E-state index is 0.0740. The van der Waals surface area contributed by atoms with Gasteiger partial charge in [-0.1, -0.05) is 0 Å². The molecular formula is C11H18N2O3. The van der Waals surface area contributed by atoms with Crippen molar-refractivity contribution in [2.24, 2.45) is 0 Å². The lowest BCUT2D eigenvalue weighted by Crippen LogP contribution is -2.54. The number of nitrogens with one attached hydrogen (secondary N) is 1. The Labute approximate surface area is 95.1 Å². The SMILES string of the molecule is CN1C(=O)CCC(NC2CCOCC2)C1=O. The molecule has 0 bridgehead atoms. The Morgan fingerprint density at radius 2 is 1.94 bits per heavy atom. The zero-order chi connectivity index (χ0) is 11.5. The van der Waals surface area contributed by atoms with Gasteiger partial charge < -0.3 is 10.1 Å². The summed E-state index contributed by atoms with van der Waals surface area (Å²) < 4.78 is 5.26. The molecule has 5 heteroatoms. The van der Waals surface area contributed by atoms with Crippen molar-refractivity contribution in [1.29, 1.82) is 0 Å². The molecule has 5 nitrogen and oxygen atoms in total. The zero-order valence-corrected chi connectivity index (χ0v) is 9.57. The van der Waals surface area contributed by atoms with Crippen molar-refractivity contribution in [1.82, 2.24) is 10.2 Å². The first-order valence-electron chi connectivity index (χ1n) is 5.82. The number of hydrogen-bond acceptors (Lipinski definition) is 4. The number of amides is 2. The number of carbonyl (C=O) groups is 2. The van der Waals surface area contributed by atoms with Crippen LogP contribution in [-0.2, 0) is 14.3 Å². The van der Waals surface area contributed by atoms with E-state index in [1.54, 1.807) is 7.05 Å². The lowest BCUT2D eigenvalue weighted by atomic mass is 10.0. The highest BCUT2D eigenvalue weighted by Crippen LogP contribution is 2.15. The normalized spacial score (nSPS) is 28.6. The molecule has 1 unspecified atom stereocenters. The number of likely N-dealkylation sites (N-methyl/N-ethyl adjacent to an activating group) is 1. The molecule has 2 aliphatic rings. The van der Waals surface area contributed by atoms with Gasteiger partial charge in [-0.2, -0.15) is 0 Å². The van der Waals surface area contributed by atoms with Crippen LogP contribution in [0.3, 0.4) is 0 Å². The van der Waals surface area contributed by atoms with Gasteiger partial charge in [0, 0.05) is 32.7 Å². The van der Waals surface area contributed by atoms with Gasteiger partial charge in [0.15, 0.2) is 0 Å². The van der Waals surface area contributed by atoms with Gasteiger partial charge in [-0.05, 0) is 19.3 Å². The van der Waals surface area contributed by atoms with Gasteiger partial charge in [0.25, 0.3) is 0 Å². The Bertz CT molecular complexity index is 287. The third-order valence-electron chi connectivity index (χ3n) is 3.31. The summed E-state index contributed by atoms with van der Waals surface area (Å²) >= 11 is 0. The largest absolute Gasteiger partial charge is 0.381 e. The summed E-state index contributed by atoms with van der Waals surface area (Å²) in [6.07, 6.45) is 2.98. The average molecular weight is 226 g/mol. The van der Waals surface area contributed by atoms with Crippen molar-refractivity contribution in [3.05, 3.63) is 0 Å². The molecule has 2 saturated heterocycles. The van der Waals surface area contributed by atoms with Crippen molar-refractivity contribution < 1.29 is 14.3 Å². The molecule has 2 fully saturated rings. The average Bonchev–Trinajstić information content (AvgIpc) is 2.31. The molecule has 0 aromatic heterocycles. The van der Waals surface area contributed by atoms with Gasteiger partial charge >= 0.3 is 0 Å². The molecule has 2 heterocycles. The Morgan fingerprint density at radius 1 is 1.25 bits per heavy atom. The lowest BCUT2D eigenvalue weighted by Gasteiger charge is -2.32. The molecule has 0 aromatic carbocycles. The molecule has 2 amide bonds. The van der Waals surface area contributed by atoms with E-state index >= 15 is 0 Å². The highest BCUT2D eigenvalue weighted by atomic mass is 16.5. The van der Waals surface area contributed by atoms with Crippen LogP contribution in [0.15, 0.2) is 0 Å². The fraction of sp³-hybridized carbons (Fsp3) is 0.818. The third-order valence-corrected chi connectivity index (χ3v) is 3.31. The summed E-state index contributed by atoms with van der Waals surface area (Å²) in [4.78, 5) is 24.4. The molecule has 0 spiro atoms. The summed E-state index contributed by atoms with van der Waals surface area (Å²) in [5.41, 5.74) is 0. The van der Waals surface area contributed by atoms with Gasteiger partial charge in [-0.3, -0.25) is 14.5 Å². The molecular weight excluding hydrogens is 208 g/mol. The minimum atomic E-state index is -0.189. The molecule has 16 heavy (non-hydrogen) atoms. The van der Waals surface area contributed by atoms with Crippen molar-refractivity contribution in [3.8, 4) is 0 Å². The summed E-state index contributed by atoms with van der Waals surface area (Å²) in [7, 11) is 1.56. The van der Waals surface area contributed by atoms with Crippen molar-refractivity contribution in [3.63, 3.8) is 0 Å². The summed E-state index contributed by atoms with van der Waals surface area (Å²) in [5.74, 6) is -0.169. The fourth-order valence-electron chi connectivity index (χ4n) is 2.22. The molecule has 2 aliphatic heterocycles. The molecule has 1 N–H and O–H groups in total. The van der Waals surface area contributed by atoms with Crippen molar-refractivity contribution >= 4 is 11.8 Å². The highest BCUT2D eigenvalue weighted by Gasteiger charge is 2.33. The van der Waals surface area contributed by atoms with E-state index in [9.17, 15) is 9.59 Å². The monoisotopic (exact) mass is 226 g/mol. The van der Waals surface area contributed by atoms with Crippen LogP contribution in [0.1, 0.15) is 25.7 Å². The van der Waals surface area contributed by atoms with Crippen LogP contribution in [0.25, 0.3) is 0 Å². The van der Waals surface area contributed by atoms with E-state index in [4.69, 9.17) is 4.74 Å². The number of carbonyl (C=O) groups excluding carboxylic acids is 2. The number of piperidine rings is 1. The number of nitrogens with zero attached hydrogens (tertiary/aromatic N) is 1. The first kappa shape index (κ1) is 11.5. The Kier molecular flexibility index (Phi) is 3.56. The highest BCUT2D eigenvalue weighted by molar-refractivity contribution is 6.00. The third kappa shape index (κ3) is 2.41. The van der Waals surface area contributed by atoms with E-state index in [0.717, 1.165) is 26.1 Å². The van der Waals surface area contributed by atoms with E-state index in [-0.39, 0.29) is 17.9 Å². The maximum atomic E-state index is 11.8. The number of ether oxygens (including phenoxy) is 1. The predicted octanol–water partition coefficient (Wildman–Crippen LogP) is -0.0976. The summed E-state index contributed by atoms with van der Waals surface area (Å²) in [6.45, 7) is 1.51. The van der Waals surface area contributed by atoms with Crippen LogP contribution in [0.5, 0.6) is 0 Å². The van der Waals surface area contributed by atoms with E-state index in [2.05, 4.69) is 5.32 Å². The van der Waals surface area contributed by atoms with Crippen LogP contribution in [0, 0.1) is 0 Å². The van der Waals surface area contributed by atoms with E-state index in [1.165, 1.54) is 4.90 Å². The van der Waals surface area contributed by atoms with Crippen LogP contribution >= 0.6 is 0 Å². The lowest BCUT2D eigenvalue weighted by molar-refractivity contribution is -0.148. The smallest absolute Gasteiger partial charge is 0.246 e. The fourth-order valence-corrected chi connectivity index (χ4v) is 2.22. The maximum absolute atomic E-state index is 11.8. The standard InChI is InChI=1S/C11H18N2O3/c1-13-10(14)3-2-9(11(13)15)12-8-4-6-16-7-5-8/h8-9,12H,2-7H2,1H3. The molecule has 0 saturated carbocycles. The molecule has 0 aromatic rings. The molecule has 1 atom stereocenters. The zero-order valence-electron chi connectivity index (χ0n) is 9.57. The Balaban J connectivity index is 1.89. The van der Waals surface area contributed by atoms with Crippen LogP contribution in [0.4, 0.5) is 0 Å². The van der Waals surface area contributed by atoms with Crippen LogP contribution in [0.2, 0.25) is 0 Å². The number of likely N-dealkylation sites (tertiary alicyclic amines) is 1. The topological polar surface area (TPSA) is 58.6 Å². The Hall–Kier alpha value is -0.940. The number of rotatable bonds is 2. The first-order chi connectivity index (χ1) is 7.68. The van der Waals surface area contributed by atoms with Gasteiger partial charge in [0.2, 0.25) is 11.8 Å². The predicted molar refractivity (Wildman–Crippen MR) is 57.8 cm³/mol. The van der Waals surface area contributed by atoms with E-state index in [0.29, 0.717) is 18.9 Å². The maximum Gasteiger partial charge on any atom is 0.246 e. The van der Waals surface area contributed by atoms with Crippen LogP contribution in [-0.4, -0.2) is 49.1 Å².